The monoisotopic (exact) mass is 169 g/mol. The number of nitriles is 1. The van der Waals surface area contributed by atoms with E-state index >= 15 is 0 Å². The summed E-state index contributed by atoms with van der Waals surface area (Å²) in [6.45, 7) is 3.53. The van der Waals surface area contributed by atoms with Crippen molar-refractivity contribution in [3.63, 3.8) is 0 Å². The van der Waals surface area contributed by atoms with Crippen LogP contribution in [0.5, 0.6) is 0 Å². The van der Waals surface area contributed by atoms with Gasteiger partial charge >= 0.3 is 0 Å². The first-order chi connectivity index (χ1) is 5.45. The van der Waals surface area contributed by atoms with Gasteiger partial charge in [0.25, 0.3) is 0 Å². The summed E-state index contributed by atoms with van der Waals surface area (Å²) in [6.07, 6.45) is 1.27. The topological polar surface area (TPSA) is 53.2 Å². The maximum Gasteiger partial charge on any atom is 0.0877 e. The van der Waals surface area contributed by atoms with Crippen molar-refractivity contribution >= 4 is 0 Å². The third kappa shape index (κ3) is 1.21. The van der Waals surface area contributed by atoms with Crippen molar-refractivity contribution < 1.29 is 9.84 Å². The maximum absolute atomic E-state index is 9.94. The van der Waals surface area contributed by atoms with Crippen LogP contribution in [-0.4, -0.2) is 23.9 Å². The van der Waals surface area contributed by atoms with Gasteiger partial charge in [0.15, 0.2) is 0 Å². The fraction of sp³-hybridized carbons (Fsp3) is 0.889. The second-order valence-electron chi connectivity index (χ2n) is 4.03. The third-order valence-corrected chi connectivity index (χ3v) is 2.91. The molecule has 0 aliphatic heterocycles. The van der Waals surface area contributed by atoms with Crippen molar-refractivity contribution in [2.45, 2.75) is 38.4 Å². The molecule has 1 aliphatic carbocycles. The second-order valence-corrected chi connectivity index (χ2v) is 4.03. The van der Waals surface area contributed by atoms with E-state index in [0.717, 1.165) is 0 Å². The minimum atomic E-state index is -0.845. The molecule has 0 aromatic rings. The van der Waals surface area contributed by atoms with Crippen LogP contribution < -0.4 is 0 Å². The molecule has 0 aromatic carbocycles. The number of hydrogen-bond donors (Lipinski definition) is 1. The molecule has 3 heteroatoms. The summed E-state index contributed by atoms with van der Waals surface area (Å²) in [5, 5.41) is 18.7. The molecule has 0 aromatic heterocycles. The highest BCUT2D eigenvalue weighted by Gasteiger charge is 2.53. The molecule has 1 fully saturated rings. The Balaban J connectivity index is 2.62. The lowest BCUT2D eigenvalue weighted by molar-refractivity contribution is -0.171. The van der Waals surface area contributed by atoms with E-state index in [9.17, 15) is 5.11 Å². The Morgan fingerprint density at radius 3 is 2.42 bits per heavy atom. The van der Waals surface area contributed by atoms with E-state index in [-0.39, 0.29) is 6.10 Å². The standard InChI is InChI=1S/C9H15NO2/c1-8(2,6-10)9(11)4-7(5-9)12-3/h7,11H,4-5H2,1-3H3. The molecule has 0 spiro atoms. The lowest BCUT2D eigenvalue weighted by Gasteiger charge is -2.49. The van der Waals surface area contributed by atoms with Gasteiger partial charge in [-0.25, -0.2) is 0 Å². The third-order valence-electron chi connectivity index (χ3n) is 2.91. The molecule has 12 heavy (non-hydrogen) atoms. The van der Waals surface area contributed by atoms with Gasteiger partial charge in [-0.1, -0.05) is 0 Å². The molecule has 0 amide bonds. The van der Waals surface area contributed by atoms with Crippen molar-refractivity contribution in [3.8, 4) is 6.07 Å². The number of aliphatic hydroxyl groups is 1. The lowest BCUT2D eigenvalue weighted by atomic mass is 9.62. The highest BCUT2D eigenvalue weighted by molar-refractivity contribution is 5.13. The van der Waals surface area contributed by atoms with Gasteiger partial charge in [0.2, 0.25) is 0 Å². The summed E-state index contributed by atoms with van der Waals surface area (Å²) in [5.74, 6) is 0. The maximum atomic E-state index is 9.94. The lowest BCUT2D eigenvalue weighted by Crippen LogP contribution is -2.56. The van der Waals surface area contributed by atoms with Crippen LogP contribution in [0.1, 0.15) is 26.7 Å². The number of nitrogens with zero attached hydrogens (tertiary/aromatic N) is 1. The Labute approximate surface area is 73.0 Å². The van der Waals surface area contributed by atoms with Crippen LogP contribution in [0.25, 0.3) is 0 Å². The molecule has 0 radical (unpaired) electrons. The van der Waals surface area contributed by atoms with Crippen molar-refractivity contribution in [2.75, 3.05) is 7.11 Å². The van der Waals surface area contributed by atoms with Crippen LogP contribution in [0.3, 0.4) is 0 Å². The summed E-state index contributed by atoms with van der Waals surface area (Å²) >= 11 is 0. The first kappa shape index (κ1) is 9.50. The summed E-state index contributed by atoms with van der Waals surface area (Å²) in [6, 6.07) is 2.12. The van der Waals surface area contributed by atoms with Crippen molar-refractivity contribution in [3.05, 3.63) is 0 Å². The molecule has 1 N–H and O–H groups in total. The molecule has 3 nitrogen and oxygen atoms in total. The van der Waals surface area contributed by atoms with Crippen molar-refractivity contribution in [1.82, 2.24) is 0 Å². The smallest absolute Gasteiger partial charge is 0.0877 e. The minimum Gasteiger partial charge on any atom is -0.388 e. The minimum absolute atomic E-state index is 0.127. The van der Waals surface area contributed by atoms with Gasteiger partial charge in [0.1, 0.15) is 0 Å². The molecule has 0 saturated heterocycles. The highest BCUT2D eigenvalue weighted by Crippen LogP contribution is 2.46. The van der Waals surface area contributed by atoms with E-state index in [0.29, 0.717) is 12.8 Å². The van der Waals surface area contributed by atoms with Crippen LogP contribution in [0.4, 0.5) is 0 Å². The van der Waals surface area contributed by atoms with Gasteiger partial charge < -0.3 is 9.84 Å². The second kappa shape index (κ2) is 2.72. The molecule has 0 heterocycles. The van der Waals surface area contributed by atoms with Crippen molar-refractivity contribution in [1.29, 1.82) is 5.26 Å². The van der Waals surface area contributed by atoms with Gasteiger partial charge in [0, 0.05) is 20.0 Å². The fourth-order valence-corrected chi connectivity index (χ4v) is 1.47. The fourth-order valence-electron chi connectivity index (χ4n) is 1.47. The van der Waals surface area contributed by atoms with E-state index in [1.165, 1.54) is 0 Å². The number of hydrogen-bond acceptors (Lipinski definition) is 3. The predicted molar refractivity (Wildman–Crippen MR) is 44.4 cm³/mol. The van der Waals surface area contributed by atoms with Crippen LogP contribution in [0.2, 0.25) is 0 Å². The molecule has 1 aliphatic rings. The van der Waals surface area contributed by atoms with Gasteiger partial charge in [-0.3, -0.25) is 0 Å². The molecule has 1 rings (SSSR count). The molecule has 0 unspecified atom stereocenters. The number of methoxy groups -OCH3 is 1. The van der Waals surface area contributed by atoms with Crippen LogP contribution >= 0.6 is 0 Å². The summed E-state index contributed by atoms with van der Waals surface area (Å²) in [7, 11) is 1.63. The first-order valence-electron chi connectivity index (χ1n) is 4.11. The van der Waals surface area contributed by atoms with E-state index in [1.807, 2.05) is 0 Å². The molecular formula is C9H15NO2. The highest BCUT2D eigenvalue weighted by atomic mass is 16.5. The van der Waals surface area contributed by atoms with Gasteiger partial charge in [-0.2, -0.15) is 5.26 Å². The SMILES string of the molecule is COC1CC(O)(C(C)(C)C#N)C1. The van der Waals surface area contributed by atoms with E-state index in [4.69, 9.17) is 10.00 Å². The van der Waals surface area contributed by atoms with E-state index in [1.54, 1.807) is 21.0 Å². The first-order valence-corrected chi connectivity index (χ1v) is 4.11. The number of rotatable bonds is 2. The zero-order valence-corrected chi connectivity index (χ0v) is 7.79. The Kier molecular flexibility index (Phi) is 2.15. The van der Waals surface area contributed by atoms with Gasteiger partial charge in [-0.05, 0) is 13.8 Å². The molecule has 0 bridgehead atoms. The Morgan fingerprint density at radius 1 is 1.58 bits per heavy atom. The average Bonchev–Trinajstić information content (AvgIpc) is 1.98. The Bertz CT molecular complexity index is 211. The predicted octanol–water partition coefficient (Wildman–Crippen LogP) is 1.08. The van der Waals surface area contributed by atoms with E-state index < -0.39 is 11.0 Å². The quantitative estimate of drug-likeness (QED) is 0.672. The summed E-state index contributed by atoms with van der Waals surface area (Å²) in [4.78, 5) is 0. The van der Waals surface area contributed by atoms with Crippen LogP contribution in [0, 0.1) is 16.7 Å². The Morgan fingerprint density at radius 2 is 2.08 bits per heavy atom. The zero-order valence-electron chi connectivity index (χ0n) is 7.79. The molecule has 1 saturated carbocycles. The summed E-state index contributed by atoms with van der Waals surface area (Å²) < 4.78 is 5.05. The largest absolute Gasteiger partial charge is 0.388 e. The Hall–Kier alpha value is -0.590. The molecule has 0 atom stereocenters. The summed E-state index contributed by atoms with van der Waals surface area (Å²) in [5.41, 5.74) is -1.51. The van der Waals surface area contributed by atoms with Gasteiger partial charge in [0.05, 0.1) is 23.2 Å². The molecular weight excluding hydrogens is 154 g/mol. The van der Waals surface area contributed by atoms with Crippen molar-refractivity contribution in [2.24, 2.45) is 5.41 Å². The van der Waals surface area contributed by atoms with Gasteiger partial charge in [-0.15, -0.1) is 0 Å². The van der Waals surface area contributed by atoms with Crippen LogP contribution in [0.15, 0.2) is 0 Å². The normalized spacial score (nSPS) is 35.4. The average molecular weight is 169 g/mol. The zero-order chi connectivity index (χ0) is 9.41. The number of ether oxygens (including phenoxy) is 1. The van der Waals surface area contributed by atoms with Crippen LogP contribution in [-0.2, 0) is 4.74 Å². The van der Waals surface area contributed by atoms with E-state index in [2.05, 4.69) is 6.07 Å². The molecule has 68 valence electrons.